The molecule has 7 nitrogen and oxygen atoms in total. The van der Waals surface area contributed by atoms with Crippen LogP contribution in [-0.4, -0.2) is 38.4 Å². The first-order valence-corrected chi connectivity index (χ1v) is 9.08. The summed E-state index contributed by atoms with van der Waals surface area (Å²) >= 11 is 1.63. The van der Waals surface area contributed by atoms with Crippen molar-refractivity contribution in [2.75, 3.05) is 25.2 Å². The number of benzene rings is 1. The van der Waals surface area contributed by atoms with Crippen LogP contribution in [0.5, 0.6) is 0 Å². The summed E-state index contributed by atoms with van der Waals surface area (Å²) in [4.78, 5) is 10.1. The number of nitrogens with one attached hydrogen (secondary N) is 2. The fourth-order valence-corrected chi connectivity index (χ4v) is 3.31. The molecule has 118 valence electrons. The van der Waals surface area contributed by atoms with Crippen LogP contribution in [0.2, 0.25) is 0 Å². The van der Waals surface area contributed by atoms with Gasteiger partial charge in [0.05, 0.1) is 4.92 Å². The van der Waals surface area contributed by atoms with Crippen LogP contribution in [0.1, 0.15) is 13.3 Å². The Labute approximate surface area is 128 Å². The molecule has 1 aromatic rings. The van der Waals surface area contributed by atoms with Crippen molar-refractivity contribution in [3.63, 3.8) is 0 Å². The maximum Gasteiger partial charge on any atom is 0.312 e. The predicted molar refractivity (Wildman–Crippen MR) is 85.4 cm³/mol. The molecule has 0 aliphatic carbocycles. The molecule has 0 spiro atoms. The summed E-state index contributed by atoms with van der Waals surface area (Å²) in [5, 5.41) is 14.1. The molecule has 0 saturated heterocycles. The second kappa shape index (κ2) is 7.62. The maximum atomic E-state index is 12.2. The van der Waals surface area contributed by atoms with Crippen LogP contribution in [0.15, 0.2) is 23.1 Å². The first-order valence-electron chi connectivity index (χ1n) is 6.31. The average Bonchev–Trinajstić information content (AvgIpc) is 2.45. The summed E-state index contributed by atoms with van der Waals surface area (Å²) in [6.45, 7) is 2.23. The van der Waals surface area contributed by atoms with Crippen molar-refractivity contribution in [3.8, 4) is 0 Å². The summed E-state index contributed by atoms with van der Waals surface area (Å²) in [6, 6.07) is 4.17. The van der Waals surface area contributed by atoms with E-state index in [1.807, 2.05) is 13.2 Å². The normalized spacial score (nSPS) is 12.9. The molecule has 9 heteroatoms. The first-order chi connectivity index (χ1) is 9.83. The number of anilines is 1. The van der Waals surface area contributed by atoms with E-state index in [9.17, 15) is 18.5 Å². The summed E-state index contributed by atoms with van der Waals surface area (Å²) in [5.41, 5.74) is -0.272. The SMILES string of the molecule is CNc1cccc(S(=O)(=O)NCCC(C)SC)c1[N+](=O)[O-]. The van der Waals surface area contributed by atoms with Gasteiger partial charge >= 0.3 is 5.69 Å². The maximum absolute atomic E-state index is 12.2. The zero-order valence-electron chi connectivity index (χ0n) is 12.1. The highest BCUT2D eigenvalue weighted by Crippen LogP contribution is 2.31. The molecule has 1 atom stereocenters. The number of nitrogens with zero attached hydrogens (tertiary/aromatic N) is 1. The number of nitro groups is 1. The summed E-state index contributed by atoms with van der Waals surface area (Å²) in [5.74, 6) is 0. The van der Waals surface area contributed by atoms with Gasteiger partial charge in [0, 0.05) is 18.8 Å². The van der Waals surface area contributed by atoms with Gasteiger partial charge in [-0.25, -0.2) is 13.1 Å². The molecule has 0 aromatic heterocycles. The van der Waals surface area contributed by atoms with Gasteiger partial charge in [0.2, 0.25) is 10.0 Å². The molecule has 1 rings (SSSR count). The van der Waals surface area contributed by atoms with E-state index >= 15 is 0 Å². The van der Waals surface area contributed by atoms with Gasteiger partial charge in [-0.05, 0) is 24.8 Å². The first kappa shape index (κ1) is 17.7. The molecule has 0 amide bonds. The van der Waals surface area contributed by atoms with Crippen molar-refractivity contribution in [3.05, 3.63) is 28.3 Å². The summed E-state index contributed by atoms with van der Waals surface area (Å²) in [6.07, 6.45) is 2.60. The minimum absolute atomic E-state index is 0.167. The monoisotopic (exact) mass is 333 g/mol. The number of thioether (sulfide) groups is 1. The molecular weight excluding hydrogens is 314 g/mol. The summed E-state index contributed by atoms with van der Waals surface area (Å²) in [7, 11) is -2.41. The van der Waals surface area contributed by atoms with Crippen LogP contribution in [0, 0.1) is 10.1 Å². The van der Waals surface area contributed by atoms with Gasteiger partial charge < -0.3 is 5.32 Å². The smallest absolute Gasteiger partial charge is 0.312 e. The van der Waals surface area contributed by atoms with Gasteiger partial charge in [-0.1, -0.05) is 13.0 Å². The molecule has 21 heavy (non-hydrogen) atoms. The molecule has 1 unspecified atom stereocenters. The Morgan fingerprint density at radius 3 is 2.62 bits per heavy atom. The fraction of sp³-hybridized carbons (Fsp3) is 0.500. The molecule has 0 aliphatic heterocycles. The van der Waals surface area contributed by atoms with Gasteiger partial charge in [0.15, 0.2) is 4.90 Å². The van der Waals surface area contributed by atoms with Gasteiger partial charge in [0.1, 0.15) is 5.69 Å². The van der Waals surface area contributed by atoms with Crippen molar-refractivity contribution in [2.24, 2.45) is 0 Å². The van der Waals surface area contributed by atoms with Crippen LogP contribution in [0.4, 0.5) is 11.4 Å². The Hall–Kier alpha value is -1.32. The van der Waals surface area contributed by atoms with Crippen LogP contribution >= 0.6 is 11.8 Å². The number of para-hydroxylation sites is 1. The highest BCUT2D eigenvalue weighted by Gasteiger charge is 2.28. The van der Waals surface area contributed by atoms with Crippen molar-refractivity contribution in [1.29, 1.82) is 0 Å². The molecule has 1 aromatic carbocycles. The molecule has 0 fully saturated rings. The van der Waals surface area contributed by atoms with Gasteiger partial charge in [-0.2, -0.15) is 11.8 Å². The minimum Gasteiger partial charge on any atom is -0.383 e. The van der Waals surface area contributed by atoms with Crippen LogP contribution < -0.4 is 10.0 Å². The third kappa shape index (κ3) is 4.58. The highest BCUT2D eigenvalue weighted by atomic mass is 32.2. The predicted octanol–water partition coefficient (Wildman–Crippen LogP) is 2.06. The Morgan fingerprint density at radius 1 is 1.43 bits per heavy atom. The number of hydrogen-bond acceptors (Lipinski definition) is 6. The van der Waals surface area contributed by atoms with Gasteiger partial charge in [-0.15, -0.1) is 0 Å². The number of hydrogen-bond donors (Lipinski definition) is 2. The van der Waals surface area contributed by atoms with Gasteiger partial charge in [0.25, 0.3) is 0 Å². The van der Waals surface area contributed by atoms with E-state index in [-0.39, 0.29) is 17.1 Å². The van der Waals surface area contributed by atoms with E-state index in [0.717, 1.165) is 0 Å². The van der Waals surface area contributed by atoms with Gasteiger partial charge in [-0.3, -0.25) is 10.1 Å². The van der Waals surface area contributed by atoms with E-state index in [0.29, 0.717) is 11.7 Å². The lowest BCUT2D eigenvalue weighted by Crippen LogP contribution is -2.27. The topological polar surface area (TPSA) is 101 Å². The van der Waals surface area contributed by atoms with Crippen molar-refractivity contribution < 1.29 is 13.3 Å². The lowest BCUT2D eigenvalue weighted by atomic mass is 10.3. The van der Waals surface area contributed by atoms with E-state index in [2.05, 4.69) is 10.0 Å². The molecule has 0 bridgehead atoms. The van der Waals surface area contributed by atoms with E-state index < -0.39 is 20.6 Å². The lowest BCUT2D eigenvalue weighted by Gasteiger charge is -2.11. The zero-order chi connectivity index (χ0) is 16.0. The molecule has 0 saturated carbocycles. The molecule has 0 aliphatic rings. The Morgan fingerprint density at radius 2 is 2.10 bits per heavy atom. The van der Waals surface area contributed by atoms with Crippen molar-refractivity contribution in [1.82, 2.24) is 4.72 Å². The fourth-order valence-electron chi connectivity index (χ4n) is 1.72. The van der Waals surface area contributed by atoms with Crippen LogP contribution in [0.3, 0.4) is 0 Å². The Bertz CT molecular complexity index is 605. The van der Waals surface area contributed by atoms with Crippen molar-refractivity contribution >= 4 is 33.2 Å². The van der Waals surface area contributed by atoms with E-state index in [1.165, 1.54) is 25.2 Å². The Balaban J connectivity index is 3.06. The second-order valence-corrected chi connectivity index (χ2v) is 7.40. The van der Waals surface area contributed by atoms with E-state index in [1.54, 1.807) is 11.8 Å². The third-order valence-corrected chi connectivity index (χ3v) is 5.52. The van der Waals surface area contributed by atoms with Crippen LogP contribution in [-0.2, 0) is 10.0 Å². The van der Waals surface area contributed by atoms with Crippen molar-refractivity contribution in [2.45, 2.75) is 23.5 Å². The third-order valence-electron chi connectivity index (χ3n) is 2.99. The molecular formula is C12H19N3O4S2. The van der Waals surface area contributed by atoms with Crippen LogP contribution in [0.25, 0.3) is 0 Å². The number of nitro benzene ring substituents is 1. The largest absolute Gasteiger partial charge is 0.383 e. The second-order valence-electron chi connectivity index (χ2n) is 4.39. The average molecular weight is 333 g/mol. The highest BCUT2D eigenvalue weighted by molar-refractivity contribution is 7.99. The molecule has 2 N–H and O–H groups in total. The summed E-state index contributed by atoms with van der Waals surface area (Å²) < 4.78 is 26.9. The Kier molecular flexibility index (Phi) is 6.43. The standard InChI is InChI=1S/C12H19N3O4S2/c1-9(20-3)7-8-14-21(18,19)11-6-4-5-10(13-2)12(11)15(16)17/h4-6,9,13-14H,7-8H2,1-3H3. The molecule has 0 heterocycles. The quantitative estimate of drug-likeness (QED) is 0.558. The molecule has 0 radical (unpaired) electrons. The number of sulfonamides is 1. The number of rotatable bonds is 8. The van der Waals surface area contributed by atoms with E-state index in [4.69, 9.17) is 0 Å². The minimum atomic E-state index is -3.91. The zero-order valence-corrected chi connectivity index (χ0v) is 13.8. The lowest BCUT2D eigenvalue weighted by molar-refractivity contribution is -0.386.